The van der Waals surface area contributed by atoms with Crippen LogP contribution < -0.4 is 4.90 Å². The van der Waals surface area contributed by atoms with Crippen LogP contribution >= 0.6 is 0 Å². The molecule has 1 unspecified atom stereocenters. The number of hydrogen-bond donors (Lipinski definition) is 1. The second-order valence-electron chi connectivity index (χ2n) is 7.38. The van der Waals surface area contributed by atoms with Gasteiger partial charge in [-0.25, -0.2) is 4.98 Å². The van der Waals surface area contributed by atoms with E-state index >= 15 is 0 Å². The highest BCUT2D eigenvalue weighted by atomic mass is 16.3. The fourth-order valence-corrected chi connectivity index (χ4v) is 2.94. The predicted octanol–water partition coefficient (Wildman–Crippen LogP) is 2.40. The summed E-state index contributed by atoms with van der Waals surface area (Å²) in [6, 6.07) is 4.60. The highest BCUT2D eigenvalue weighted by Gasteiger charge is 2.27. The monoisotopic (exact) mass is 291 g/mol. The first-order valence-corrected chi connectivity index (χ1v) is 7.85. The van der Waals surface area contributed by atoms with Crippen molar-refractivity contribution in [2.75, 3.05) is 32.1 Å². The second-order valence-corrected chi connectivity index (χ2v) is 7.38. The van der Waals surface area contributed by atoms with Crippen molar-refractivity contribution in [3.63, 3.8) is 0 Å². The Kier molecular flexibility index (Phi) is 4.89. The number of rotatable bonds is 4. The van der Waals surface area contributed by atoms with Crippen LogP contribution in [0.25, 0.3) is 0 Å². The average Bonchev–Trinajstić information content (AvgIpc) is 2.84. The van der Waals surface area contributed by atoms with E-state index in [0.29, 0.717) is 6.04 Å². The first-order valence-electron chi connectivity index (χ1n) is 7.85. The van der Waals surface area contributed by atoms with E-state index in [1.54, 1.807) is 0 Å². The molecule has 1 fully saturated rings. The summed E-state index contributed by atoms with van der Waals surface area (Å²) in [7, 11) is 4.24. The zero-order valence-electron chi connectivity index (χ0n) is 14.1. The summed E-state index contributed by atoms with van der Waals surface area (Å²) in [4.78, 5) is 9.54. The van der Waals surface area contributed by atoms with E-state index in [1.807, 2.05) is 12.1 Å². The van der Waals surface area contributed by atoms with Crippen LogP contribution in [0.5, 0.6) is 0 Å². The topological polar surface area (TPSA) is 39.6 Å². The minimum atomic E-state index is -0.00327. The number of likely N-dealkylation sites (N-methyl/N-ethyl adjacent to an activating group) is 1. The van der Waals surface area contributed by atoms with E-state index in [9.17, 15) is 5.11 Å². The molecular formula is C17H29N3O. The lowest BCUT2D eigenvalue weighted by atomic mass is 9.91. The van der Waals surface area contributed by atoms with Crippen molar-refractivity contribution in [1.82, 2.24) is 9.88 Å². The van der Waals surface area contributed by atoms with Crippen molar-refractivity contribution >= 4 is 5.82 Å². The minimum absolute atomic E-state index is 0.00327. The lowest BCUT2D eigenvalue weighted by Gasteiger charge is -2.30. The predicted molar refractivity (Wildman–Crippen MR) is 87.8 cm³/mol. The molecule has 0 saturated carbocycles. The Morgan fingerprint density at radius 1 is 1.33 bits per heavy atom. The number of aromatic nitrogens is 1. The van der Waals surface area contributed by atoms with E-state index < -0.39 is 0 Å². The van der Waals surface area contributed by atoms with Gasteiger partial charge in [0.15, 0.2) is 0 Å². The van der Waals surface area contributed by atoms with E-state index in [0.717, 1.165) is 30.2 Å². The SMILES string of the molecule is CN(C)CC1CCCN1c1cc(CO)cc(C(C)(C)C)n1. The van der Waals surface area contributed by atoms with Crippen LogP contribution in [0.3, 0.4) is 0 Å². The third-order valence-corrected chi connectivity index (χ3v) is 4.07. The first kappa shape index (κ1) is 16.2. The Labute approximate surface area is 128 Å². The Hall–Kier alpha value is -1.13. The molecule has 1 atom stereocenters. The summed E-state index contributed by atoms with van der Waals surface area (Å²) in [5, 5.41) is 9.55. The molecule has 2 rings (SSSR count). The standard InChI is InChI=1S/C17H29N3O/c1-17(2,3)15-9-13(12-21)10-16(18-15)20-8-6-7-14(20)11-19(4)5/h9-10,14,21H,6-8,11-12H2,1-5H3. The minimum Gasteiger partial charge on any atom is -0.392 e. The molecule has 4 heteroatoms. The zero-order chi connectivity index (χ0) is 15.6. The third-order valence-electron chi connectivity index (χ3n) is 4.07. The van der Waals surface area contributed by atoms with Crippen molar-refractivity contribution < 1.29 is 5.11 Å². The van der Waals surface area contributed by atoms with Gasteiger partial charge in [0.05, 0.1) is 6.61 Å². The molecule has 1 aromatic heterocycles. The Bertz CT molecular complexity index is 479. The smallest absolute Gasteiger partial charge is 0.129 e. The maximum absolute atomic E-state index is 9.55. The Morgan fingerprint density at radius 3 is 2.62 bits per heavy atom. The highest BCUT2D eigenvalue weighted by Crippen LogP contribution is 2.29. The normalized spacial score (nSPS) is 19.6. The molecule has 1 saturated heterocycles. The van der Waals surface area contributed by atoms with Gasteiger partial charge in [0.1, 0.15) is 5.82 Å². The molecule has 0 radical (unpaired) electrons. The van der Waals surface area contributed by atoms with Crippen molar-refractivity contribution in [2.24, 2.45) is 0 Å². The average molecular weight is 291 g/mol. The van der Waals surface area contributed by atoms with Crippen LogP contribution in [-0.4, -0.2) is 48.2 Å². The summed E-state index contributed by atoms with van der Waals surface area (Å²) < 4.78 is 0. The maximum atomic E-state index is 9.55. The van der Waals surface area contributed by atoms with Crippen molar-refractivity contribution in [2.45, 2.75) is 51.7 Å². The number of pyridine rings is 1. The van der Waals surface area contributed by atoms with Crippen LogP contribution in [0.4, 0.5) is 5.82 Å². The molecular weight excluding hydrogens is 262 g/mol. The largest absolute Gasteiger partial charge is 0.392 e. The number of anilines is 1. The highest BCUT2D eigenvalue weighted by molar-refractivity contribution is 5.46. The van der Waals surface area contributed by atoms with Crippen molar-refractivity contribution in [3.05, 3.63) is 23.4 Å². The van der Waals surface area contributed by atoms with E-state index in [1.165, 1.54) is 12.8 Å². The molecule has 1 N–H and O–H groups in total. The quantitative estimate of drug-likeness (QED) is 0.924. The maximum Gasteiger partial charge on any atom is 0.129 e. The molecule has 0 amide bonds. The van der Waals surface area contributed by atoms with Gasteiger partial charge in [0.2, 0.25) is 0 Å². The van der Waals surface area contributed by atoms with Gasteiger partial charge in [0.25, 0.3) is 0 Å². The summed E-state index contributed by atoms with van der Waals surface area (Å²) in [5.74, 6) is 1.02. The molecule has 0 spiro atoms. The number of hydrogen-bond acceptors (Lipinski definition) is 4. The Morgan fingerprint density at radius 2 is 2.05 bits per heavy atom. The van der Waals surface area contributed by atoms with E-state index in [4.69, 9.17) is 4.98 Å². The van der Waals surface area contributed by atoms with Gasteiger partial charge in [-0.05, 0) is 44.6 Å². The van der Waals surface area contributed by atoms with Gasteiger partial charge in [-0.3, -0.25) is 0 Å². The van der Waals surface area contributed by atoms with Crippen LogP contribution in [-0.2, 0) is 12.0 Å². The molecule has 1 aromatic rings. The van der Waals surface area contributed by atoms with Gasteiger partial charge in [-0.15, -0.1) is 0 Å². The number of aliphatic hydroxyl groups excluding tert-OH is 1. The fraction of sp³-hybridized carbons (Fsp3) is 0.706. The van der Waals surface area contributed by atoms with Crippen LogP contribution in [0.1, 0.15) is 44.9 Å². The third kappa shape index (κ3) is 3.95. The van der Waals surface area contributed by atoms with Crippen LogP contribution in [0, 0.1) is 0 Å². The second kappa shape index (κ2) is 6.32. The molecule has 2 heterocycles. The lowest BCUT2D eigenvalue weighted by Crippen LogP contribution is -2.38. The fourth-order valence-electron chi connectivity index (χ4n) is 2.94. The summed E-state index contributed by atoms with van der Waals surface area (Å²) in [6.45, 7) is 8.69. The summed E-state index contributed by atoms with van der Waals surface area (Å²) in [6.07, 6.45) is 2.43. The molecule has 118 valence electrons. The van der Waals surface area contributed by atoms with Crippen molar-refractivity contribution in [1.29, 1.82) is 0 Å². The van der Waals surface area contributed by atoms with E-state index in [2.05, 4.69) is 44.7 Å². The molecule has 0 aromatic carbocycles. The number of nitrogens with zero attached hydrogens (tertiary/aromatic N) is 3. The lowest BCUT2D eigenvalue weighted by molar-refractivity contribution is 0.281. The molecule has 21 heavy (non-hydrogen) atoms. The molecule has 1 aliphatic heterocycles. The van der Waals surface area contributed by atoms with Gasteiger partial charge in [-0.2, -0.15) is 0 Å². The molecule has 4 nitrogen and oxygen atoms in total. The molecule has 0 aliphatic carbocycles. The van der Waals surface area contributed by atoms with Gasteiger partial charge in [0, 0.05) is 30.2 Å². The van der Waals surface area contributed by atoms with Gasteiger partial charge < -0.3 is 14.9 Å². The first-order chi connectivity index (χ1) is 9.81. The molecule has 1 aliphatic rings. The van der Waals surface area contributed by atoms with E-state index in [-0.39, 0.29) is 12.0 Å². The van der Waals surface area contributed by atoms with Crippen LogP contribution in [0.2, 0.25) is 0 Å². The summed E-state index contributed by atoms with van der Waals surface area (Å²) in [5.41, 5.74) is 2.01. The van der Waals surface area contributed by atoms with Gasteiger partial charge >= 0.3 is 0 Å². The van der Waals surface area contributed by atoms with Crippen molar-refractivity contribution in [3.8, 4) is 0 Å². The summed E-state index contributed by atoms with van der Waals surface area (Å²) >= 11 is 0. The molecule has 0 bridgehead atoms. The Balaban J connectivity index is 2.33. The van der Waals surface area contributed by atoms with Gasteiger partial charge in [-0.1, -0.05) is 20.8 Å². The van der Waals surface area contributed by atoms with Crippen LogP contribution in [0.15, 0.2) is 12.1 Å². The number of aliphatic hydroxyl groups is 1. The zero-order valence-corrected chi connectivity index (χ0v) is 14.1.